The number of carbonyl (C=O) groups is 2. The Morgan fingerprint density at radius 1 is 1.26 bits per heavy atom. The normalized spacial score (nSPS) is 16.3. The first-order valence-corrected chi connectivity index (χ1v) is 9.27. The third-order valence-corrected chi connectivity index (χ3v) is 4.63. The number of imidazole rings is 1. The zero-order valence-electron chi connectivity index (χ0n) is 16.3. The van der Waals surface area contributed by atoms with E-state index < -0.39 is 0 Å². The molecule has 1 aliphatic rings. The maximum absolute atomic E-state index is 12.5. The van der Waals surface area contributed by atoms with Gasteiger partial charge >= 0.3 is 0 Å². The monoisotopic (exact) mass is 370 g/mol. The molecule has 0 aromatic carbocycles. The van der Waals surface area contributed by atoms with Crippen molar-refractivity contribution >= 4 is 11.8 Å². The highest BCUT2D eigenvalue weighted by atomic mass is 16.2. The van der Waals surface area contributed by atoms with Gasteiger partial charge in [0.1, 0.15) is 11.5 Å². The van der Waals surface area contributed by atoms with Crippen LogP contribution < -0.4 is 5.32 Å². The van der Waals surface area contributed by atoms with E-state index in [0.717, 1.165) is 11.5 Å². The van der Waals surface area contributed by atoms with Crippen LogP contribution in [0.2, 0.25) is 0 Å². The first kappa shape index (κ1) is 19.0. The second-order valence-electron chi connectivity index (χ2n) is 7.37. The Bertz CT molecular complexity index is 827. The smallest absolute Gasteiger partial charge is 0.271 e. The average Bonchev–Trinajstić information content (AvgIpc) is 3.06. The van der Waals surface area contributed by atoms with Crippen LogP contribution in [0.4, 0.5) is 0 Å². The molecule has 0 aliphatic carbocycles. The Morgan fingerprint density at radius 3 is 2.70 bits per heavy atom. The lowest BCUT2D eigenvalue weighted by Crippen LogP contribution is -2.41. The molecule has 3 rings (SSSR count). The fraction of sp³-hybridized carbons (Fsp3) is 0.526. The van der Waals surface area contributed by atoms with Gasteiger partial charge in [0.15, 0.2) is 0 Å². The van der Waals surface area contributed by atoms with Gasteiger partial charge in [-0.3, -0.25) is 19.6 Å². The summed E-state index contributed by atoms with van der Waals surface area (Å²) in [6, 6.07) is -0.144. The summed E-state index contributed by atoms with van der Waals surface area (Å²) in [4.78, 5) is 39.6. The number of hydrogen-bond donors (Lipinski definition) is 1. The Hall–Kier alpha value is -2.77. The molecule has 2 amide bonds. The van der Waals surface area contributed by atoms with Crippen LogP contribution in [0.5, 0.6) is 0 Å². The molecule has 0 fully saturated rings. The highest BCUT2D eigenvalue weighted by molar-refractivity contribution is 5.92. The molecule has 0 saturated heterocycles. The van der Waals surface area contributed by atoms with Gasteiger partial charge in [-0.05, 0) is 19.8 Å². The Balaban J connectivity index is 1.67. The van der Waals surface area contributed by atoms with Gasteiger partial charge in [-0.1, -0.05) is 13.8 Å². The van der Waals surface area contributed by atoms with Crippen LogP contribution in [0.3, 0.4) is 0 Å². The minimum atomic E-state index is -0.258. The number of hydrogen-bond acceptors (Lipinski definition) is 5. The fourth-order valence-corrected chi connectivity index (χ4v) is 3.18. The van der Waals surface area contributed by atoms with Crippen LogP contribution in [-0.2, 0) is 17.9 Å². The van der Waals surface area contributed by atoms with Crippen LogP contribution >= 0.6 is 0 Å². The average molecular weight is 370 g/mol. The third kappa shape index (κ3) is 4.32. The summed E-state index contributed by atoms with van der Waals surface area (Å²) in [5.41, 5.74) is 1.88. The van der Waals surface area contributed by atoms with Crippen molar-refractivity contribution in [3.8, 4) is 0 Å². The van der Waals surface area contributed by atoms with Crippen molar-refractivity contribution < 1.29 is 9.59 Å². The Labute approximate surface area is 159 Å². The van der Waals surface area contributed by atoms with E-state index in [4.69, 9.17) is 0 Å². The molecule has 1 N–H and O–H groups in total. The van der Waals surface area contributed by atoms with Gasteiger partial charge in [-0.2, -0.15) is 0 Å². The highest BCUT2D eigenvalue weighted by Crippen LogP contribution is 2.26. The number of aryl methyl sites for hydroxylation is 1. The van der Waals surface area contributed by atoms with Gasteiger partial charge in [-0.25, -0.2) is 4.98 Å². The highest BCUT2D eigenvalue weighted by Gasteiger charge is 2.30. The van der Waals surface area contributed by atoms with Gasteiger partial charge in [0.25, 0.3) is 5.91 Å². The third-order valence-electron chi connectivity index (χ3n) is 4.63. The lowest BCUT2D eigenvalue weighted by atomic mass is 10.1. The topological polar surface area (TPSA) is 93.0 Å². The first-order chi connectivity index (χ1) is 12.8. The minimum Gasteiger partial charge on any atom is -0.345 e. The van der Waals surface area contributed by atoms with Gasteiger partial charge in [0.05, 0.1) is 30.2 Å². The lowest BCUT2D eigenvalue weighted by Gasteiger charge is -2.34. The Morgan fingerprint density at radius 2 is 2.04 bits per heavy atom. The number of nitrogens with zero attached hydrogens (tertiary/aromatic N) is 5. The van der Waals surface area contributed by atoms with Crippen molar-refractivity contribution in [3.63, 3.8) is 0 Å². The summed E-state index contributed by atoms with van der Waals surface area (Å²) in [6.07, 6.45) is 5.59. The number of nitrogens with one attached hydrogen (secondary N) is 1. The quantitative estimate of drug-likeness (QED) is 0.867. The Kier molecular flexibility index (Phi) is 5.53. The van der Waals surface area contributed by atoms with E-state index in [2.05, 4.69) is 20.3 Å². The van der Waals surface area contributed by atoms with Crippen molar-refractivity contribution in [1.82, 2.24) is 29.7 Å². The van der Waals surface area contributed by atoms with Gasteiger partial charge < -0.3 is 14.8 Å². The standard InChI is InChI=1S/C19H26N6O2/c1-12(2)7-17(26)25-6-5-24-11-16(23-18(24)14(25)4)19(27)22-10-15-9-20-13(3)8-21-15/h8-9,11-12,14H,5-7,10H2,1-4H3,(H,22,27)/t14-/m1/s1. The van der Waals surface area contributed by atoms with E-state index in [1.54, 1.807) is 18.6 Å². The molecule has 27 heavy (non-hydrogen) atoms. The van der Waals surface area contributed by atoms with Crippen molar-refractivity contribution in [1.29, 1.82) is 0 Å². The van der Waals surface area contributed by atoms with E-state index >= 15 is 0 Å². The van der Waals surface area contributed by atoms with E-state index in [0.29, 0.717) is 43.4 Å². The molecule has 0 unspecified atom stereocenters. The maximum Gasteiger partial charge on any atom is 0.271 e. The maximum atomic E-state index is 12.5. The second kappa shape index (κ2) is 7.85. The molecular weight excluding hydrogens is 344 g/mol. The molecule has 144 valence electrons. The van der Waals surface area contributed by atoms with Crippen LogP contribution in [0.1, 0.15) is 60.9 Å². The molecule has 8 nitrogen and oxygen atoms in total. The first-order valence-electron chi connectivity index (χ1n) is 9.27. The van der Waals surface area contributed by atoms with E-state index in [1.165, 1.54) is 0 Å². The van der Waals surface area contributed by atoms with Gasteiger partial charge in [0.2, 0.25) is 5.91 Å². The van der Waals surface area contributed by atoms with Crippen LogP contribution in [-0.4, -0.2) is 42.8 Å². The van der Waals surface area contributed by atoms with Crippen molar-refractivity contribution in [2.45, 2.75) is 53.2 Å². The molecule has 3 heterocycles. The van der Waals surface area contributed by atoms with E-state index in [9.17, 15) is 9.59 Å². The van der Waals surface area contributed by atoms with Crippen molar-refractivity contribution in [3.05, 3.63) is 41.5 Å². The molecule has 0 radical (unpaired) electrons. The number of rotatable bonds is 5. The lowest BCUT2D eigenvalue weighted by molar-refractivity contribution is -0.135. The molecule has 0 bridgehead atoms. The van der Waals surface area contributed by atoms with Gasteiger partial charge in [0, 0.05) is 31.9 Å². The van der Waals surface area contributed by atoms with Crippen LogP contribution in [0.25, 0.3) is 0 Å². The molecule has 1 atom stereocenters. The summed E-state index contributed by atoms with van der Waals surface area (Å²) in [5.74, 6) is 0.943. The molecular formula is C19H26N6O2. The summed E-state index contributed by atoms with van der Waals surface area (Å²) < 4.78 is 1.96. The zero-order chi connectivity index (χ0) is 19.6. The predicted octanol–water partition coefficient (Wildman–Crippen LogP) is 1.86. The molecule has 0 saturated carbocycles. The number of carbonyl (C=O) groups excluding carboxylic acids is 2. The van der Waals surface area contributed by atoms with Crippen LogP contribution in [0.15, 0.2) is 18.6 Å². The van der Waals surface area contributed by atoms with E-state index in [-0.39, 0.29) is 17.9 Å². The summed E-state index contributed by atoms with van der Waals surface area (Å²) in [6.45, 7) is 9.47. The number of aromatic nitrogens is 4. The summed E-state index contributed by atoms with van der Waals surface area (Å²) in [7, 11) is 0. The molecule has 0 spiro atoms. The van der Waals surface area contributed by atoms with E-state index in [1.807, 2.05) is 37.2 Å². The van der Waals surface area contributed by atoms with Crippen LogP contribution in [0, 0.1) is 12.8 Å². The largest absolute Gasteiger partial charge is 0.345 e. The predicted molar refractivity (Wildman–Crippen MR) is 99.7 cm³/mol. The molecule has 2 aromatic heterocycles. The number of amides is 2. The van der Waals surface area contributed by atoms with Gasteiger partial charge in [-0.15, -0.1) is 0 Å². The minimum absolute atomic E-state index is 0.135. The molecule has 2 aromatic rings. The fourth-order valence-electron chi connectivity index (χ4n) is 3.18. The SMILES string of the molecule is Cc1cnc(CNC(=O)c2cn3c(n2)[C@@H](C)N(C(=O)CC(C)C)CC3)cn1. The van der Waals surface area contributed by atoms with Crippen molar-refractivity contribution in [2.24, 2.45) is 5.92 Å². The second-order valence-corrected chi connectivity index (χ2v) is 7.37. The molecule has 8 heteroatoms. The summed E-state index contributed by atoms with van der Waals surface area (Å²) in [5, 5.41) is 2.82. The zero-order valence-corrected chi connectivity index (χ0v) is 16.3. The summed E-state index contributed by atoms with van der Waals surface area (Å²) >= 11 is 0. The number of fused-ring (bicyclic) bond motifs is 1. The van der Waals surface area contributed by atoms with Crippen molar-refractivity contribution in [2.75, 3.05) is 6.54 Å². The molecule has 1 aliphatic heterocycles.